The van der Waals surface area contributed by atoms with Gasteiger partial charge >= 0.3 is 0 Å². The molecule has 0 bridgehead atoms. The minimum Gasteiger partial charge on any atom is -0.341 e. The molecule has 1 amide bonds. The van der Waals surface area contributed by atoms with Gasteiger partial charge in [-0.05, 0) is 47.9 Å². The number of anilines is 1. The number of hydrogen-bond acceptors (Lipinski definition) is 3. The minimum absolute atomic E-state index is 0.217. The quantitative estimate of drug-likeness (QED) is 0.360. The lowest BCUT2D eigenvalue weighted by atomic mass is 9.97. The first-order valence-corrected chi connectivity index (χ1v) is 13.2. The van der Waals surface area contributed by atoms with Gasteiger partial charge in [0.15, 0.2) is 0 Å². The Labute approximate surface area is 207 Å². The van der Waals surface area contributed by atoms with Crippen LogP contribution in [0, 0.1) is 6.92 Å². The predicted octanol–water partition coefficient (Wildman–Crippen LogP) is 5.48. The molecule has 0 aliphatic heterocycles. The standard InChI is InChI=1S/C29H28N2O3S/c1-22-13-15-25(16-14-22)28(24-11-7-4-8-12-24)30-29(32)26-17-19-27(20-18-26)31(35(2,33)34)21-23-9-5-3-6-10-23/h3-20,28H,21H2,1-2H3,(H,30,32)/t28-/m0/s1. The summed E-state index contributed by atoms with van der Waals surface area (Å²) in [6.45, 7) is 2.24. The zero-order valence-electron chi connectivity index (χ0n) is 19.8. The van der Waals surface area contributed by atoms with Crippen LogP contribution in [-0.2, 0) is 16.6 Å². The van der Waals surface area contributed by atoms with Gasteiger partial charge in [0.1, 0.15) is 0 Å². The van der Waals surface area contributed by atoms with E-state index in [-0.39, 0.29) is 18.5 Å². The average molecular weight is 485 g/mol. The van der Waals surface area contributed by atoms with Crippen molar-refractivity contribution in [3.05, 3.63) is 137 Å². The van der Waals surface area contributed by atoms with Crippen molar-refractivity contribution in [3.63, 3.8) is 0 Å². The lowest BCUT2D eigenvalue weighted by Gasteiger charge is -2.23. The van der Waals surface area contributed by atoms with Crippen molar-refractivity contribution in [2.45, 2.75) is 19.5 Å². The van der Waals surface area contributed by atoms with E-state index in [1.165, 1.54) is 10.6 Å². The number of nitrogens with zero attached hydrogens (tertiary/aromatic N) is 1. The second kappa shape index (κ2) is 10.6. The lowest BCUT2D eigenvalue weighted by Crippen LogP contribution is -2.30. The highest BCUT2D eigenvalue weighted by atomic mass is 32.2. The molecule has 4 rings (SSSR count). The van der Waals surface area contributed by atoms with Crippen LogP contribution >= 0.6 is 0 Å². The highest BCUT2D eigenvalue weighted by Gasteiger charge is 2.20. The van der Waals surface area contributed by atoms with Crippen LogP contribution in [0.4, 0.5) is 5.69 Å². The summed E-state index contributed by atoms with van der Waals surface area (Å²) in [5, 5.41) is 3.13. The molecule has 0 heterocycles. The van der Waals surface area contributed by atoms with Crippen molar-refractivity contribution < 1.29 is 13.2 Å². The third kappa shape index (κ3) is 6.16. The van der Waals surface area contributed by atoms with E-state index < -0.39 is 10.0 Å². The fraction of sp³-hybridized carbons (Fsp3) is 0.138. The normalized spacial score (nSPS) is 12.1. The average Bonchev–Trinajstić information content (AvgIpc) is 2.87. The van der Waals surface area contributed by atoms with Crippen LogP contribution in [0.15, 0.2) is 109 Å². The van der Waals surface area contributed by atoms with E-state index in [1.807, 2.05) is 91.9 Å². The number of hydrogen-bond donors (Lipinski definition) is 1. The van der Waals surface area contributed by atoms with E-state index >= 15 is 0 Å². The third-order valence-corrected chi connectivity index (χ3v) is 6.95. The van der Waals surface area contributed by atoms with Gasteiger partial charge in [-0.3, -0.25) is 9.10 Å². The Bertz CT molecular complexity index is 1370. The van der Waals surface area contributed by atoms with Gasteiger partial charge in [-0.1, -0.05) is 90.5 Å². The van der Waals surface area contributed by atoms with Crippen molar-refractivity contribution in [2.24, 2.45) is 0 Å². The number of amides is 1. The molecule has 4 aromatic carbocycles. The maximum atomic E-state index is 13.2. The lowest BCUT2D eigenvalue weighted by molar-refractivity contribution is 0.0943. The topological polar surface area (TPSA) is 66.5 Å². The van der Waals surface area contributed by atoms with Crippen molar-refractivity contribution in [1.82, 2.24) is 5.32 Å². The molecular weight excluding hydrogens is 456 g/mol. The van der Waals surface area contributed by atoms with Gasteiger partial charge in [0.05, 0.1) is 24.5 Å². The molecule has 0 saturated heterocycles. The van der Waals surface area contributed by atoms with Crippen molar-refractivity contribution >= 4 is 21.6 Å². The second-order valence-corrected chi connectivity index (χ2v) is 10.4. The molecule has 178 valence electrons. The van der Waals surface area contributed by atoms with Gasteiger partial charge in [-0.2, -0.15) is 0 Å². The molecule has 6 heteroatoms. The highest BCUT2D eigenvalue weighted by Crippen LogP contribution is 2.25. The first kappa shape index (κ1) is 24.2. The summed E-state index contributed by atoms with van der Waals surface area (Å²) < 4.78 is 26.3. The molecule has 5 nitrogen and oxygen atoms in total. The number of carbonyl (C=O) groups excluding carboxylic acids is 1. The maximum absolute atomic E-state index is 13.2. The predicted molar refractivity (Wildman–Crippen MR) is 141 cm³/mol. The van der Waals surface area contributed by atoms with Gasteiger partial charge < -0.3 is 5.32 Å². The summed E-state index contributed by atoms with van der Waals surface area (Å²) in [7, 11) is -3.51. The van der Waals surface area contributed by atoms with Crippen LogP contribution in [0.5, 0.6) is 0 Å². The minimum atomic E-state index is -3.51. The number of aryl methyl sites for hydroxylation is 1. The Balaban J connectivity index is 1.57. The number of sulfonamides is 1. The molecule has 0 aromatic heterocycles. The zero-order valence-corrected chi connectivity index (χ0v) is 20.6. The fourth-order valence-corrected chi connectivity index (χ4v) is 4.79. The largest absolute Gasteiger partial charge is 0.341 e. The maximum Gasteiger partial charge on any atom is 0.252 e. The summed E-state index contributed by atoms with van der Waals surface area (Å²) in [4.78, 5) is 13.2. The zero-order chi connectivity index (χ0) is 24.8. The summed E-state index contributed by atoms with van der Waals surface area (Å²) in [5.74, 6) is -0.236. The molecule has 0 saturated carbocycles. The molecule has 0 unspecified atom stereocenters. The summed E-state index contributed by atoms with van der Waals surface area (Å²) >= 11 is 0. The Morgan fingerprint density at radius 1 is 0.771 bits per heavy atom. The smallest absolute Gasteiger partial charge is 0.252 e. The van der Waals surface area contributed by atoms with E-state index in [1.54, 1.807) is 24.3 Å². The van der Waals surface area contributed by atoms with Crippen LogP contribution in [0.25, 0.3) is 0 Å². The summed E-state index contributed by atoms with van der Waals surface area (Å²) in [5.41, 5.74) is 4.95. The molecule has 0 radical (unpaired) electrons. The monoisotopic (exact) mass is 484 g/mol. The first-order valence-electron chi connectivity index (χ1n) is 11.4. The van der Waals surface area contributed by atoms with Gasteiger partial charge in [-0.25, -0.2) is 8.42 Å². The van der Waals surface area contributed by atoms with E-state index in [2.05, 4.69) is 5.32 Å². The molecule has 1 atom stereocenters. The first-order chi connectivity index (χ1) is 16.8. The van der Waals surface area contributed by atoms with Crippen molar-refractivity contribution in [3.8, 4) is 0 Å². The van der Waals surface area contributed by atoms with E-state index in [0.29, 0.717) is 11.3 Å². The molecule has 4 aromatic rings. The van der Waals surface area contributed by atoms with Gasteiger partial charge in [0.2, 0.25) is 10.0 Å². The Hall–Kier alpha value is -3.90. The van der Waals surface area contributed by atoms with Crippen LogP contribution in [0.1, 0.15) is 38.7 Å². The van der Waals surface area contributed by atoms with E-state index in [4.69, 9.17) is 0 Å². The number of rotatable bonds is 8. The molecule has 0 aliphatic rings. The molecule has 0 fully saturated rings. The van der Waals surface area contributed by atoms with Gasteiger partial charge in [0.25, 0.3) is 5.91 Å². The third-order valence-electron chi connectivity index (χ3n) is 5.81. The number of benzene rings is 4. The van der Waals surface area contributed by atoms with Crippen LogP contribution < -0.4 is 9.62 Å². The van der Waals surface area contributed by atoms with Crippen LogP contribution in [0.3, 0.4) is 0 Å². The number of nitrogens with one attached hydrogen (secondary N) is 1. The molecule has 0 aliphatic carbocycles. The summed E-state index contributed by atoms with van der Waals surface area (Å²) in [6.07, 6.45) is 1.18. The molecule has 1 N–H and O–H groups in total. The van der Waals surface area contributed by atoms with Gasteiger partial charge in [-0.15, -0.1) is 0 Å². The van der Waals surface area contributed by atoms with Crippen molar-refractivity contribution in [2.75, 3.05) is 10.6 Å². The molecular formula is C29H28N2O3S. The Morgan fingerprint density at radius 2 is 1.31 bits per heavy atom. The van der Waals surface area contributed by atoms with Crippen LogP contribution in [0.2, 0.25) is 0 Å². The molecule has 0 spiro atoms. The Kier molecular flexibility index (Phi) is 7.32. The van der Waals surface area contributed by atoms with E-state index in [0.717, 1.165) is 22.3 Å². The van der Waals surface area contributed by atoms with E-state index in [9.17, 15) is 13.2 Å². The van der Waals surface area contributed by atoms with Crippen LogP contribution in [-0.4, -0.2) is 20.6 Å². The highest BCUT2D eigenvalue weighted by molar-refractivity contribution is 7.92. The summed E-state index contributed by atoms with van der Waals surface area (Å²) in [6, 6.07) is 33.7. The van der Waals surface area contributed by atoms with Gasteiger partial charge in [0, 0.05) is 5.56 Å². The van der Waals surface area contributed by atoms with Crippen molar-refractivity contribution in [1.29, 1.82) is 0 Å². The molecule has 35 heavy (non-hydrogen) atoms. The second-order valence-electron chi connectivity index (χ2n) is 8.53. The SMILES string of the molecule is Cc1ccc([C@@H](NC(=O)c2ccc(N(Cc3ccccc3)S(C)(=O)=O)cc2)c2ccccc2)cc1. The number of carbonyl (C=O) groups is 1. The Morgan fingerprint density at radius 3 is 1.89 bits per heavy atom. The fourth-order valence-electron chi connectivity index (χ4n) is 3.91.